The molecule has 2 heterocycles. The van der Waals surface area contributed by atoms with Crippen LogP contribution in [0.5, 0.6) is 0 Å². The van der Waals surface area contributed by atoms with E-state index in [0.29, 0.717) is 12.1 Å². The van der Waals surface area contributed by atoms with Gasteiger partial charge in [-0.2, -0.15) is 11.8 Å². The number of methoxy groups -OCH3 is 1. The normalized spacial score (nSPS) is 30.1. The van der Waals surface area contributed by atoms with Crippen LogP contribution in [0.2, 0.25) is 0 Å². The molecule has 2 saturated heterocycles. The molecule has 0 unspecified atom stereocenters. The van der Waals surface area contributed by atoms with Gasteiger partial charge in [0.25, 0.3) is 0 Å². The molecule has 98 valence electrons. The molecule has 1 N–H and O–H groups in total. The first kappa shape index (κ1) is 13.0. The molecule has 0 aromatic carbocycles. The van der Waals surface area contributed by atoms with Gasteiger partial charge >= 0.3 is 6.09 Å². The van der Waals surface area contributed by atoms with E-state index in [1.54, 1.807) is 0 Å². The highest BCUT2D eigenvalue weighted by molar-refractivity contribution is 7.99. The number of likely N-dealkylation sites (tertiary alicyclic amines) is 1. The number of carbonyl (C=O) groups is 1. The van der Waals surface area contributed by atoms with Gasteiger partial charge in [-0.3, -0.25) is 0 Å². The minimum atomic E-state index is -0.186. The number of carbonyl (C=O) groups excluding carboxylic acids is 1. The second-order valence-electron chi connectivity index (χ2n) is 4.84. The Hall–Kier alpha value is -0.420. The van der Waals surface area contributed by atoms with Crippen molar-refractivity contribution >= 4 is 17.9 Å². The Bertz CT molecular complexity index is 257. The zero-order valence-corrected chi connectivity index (χ0v) is 11.3. The summed E-state index contributed by atoms with van der Waals surface area (Å²) in [6.45, 7) is 1.64. The van der Waals surface area contributed by atoms with E-state index in [9.17, 15) is 4.79 Å². The average Bonchev–Trinajstić information content (AvgIpc) is 2.39. The van der Waals surface area contributed by atoms with E-state index in [-0.39, 0.29) is 6.09 Å². The Morgan fingerprint density at radius 1 is 1.35 bits per heavy atom. The van der Waals surface area contributed by atoms with Gasteiger partial charge in [0.2, 0.25) is 0 Å². The van der Waals surface area contributed by atoms with E-state index in [2.05, 4.69) is 5.32 Å². The van der Waals surface area contributed by atoms with Crippen molar-refractivity contribution in [2.75, 3.05) is 31.7 Å². The zero-order valence-electron chi connectivity index (χ0n) is 10.5. The van der Waals surface area contributed by atoms with Crippen LogP contribution in [0.25, 0.3) is 0 Å². The number of amides is 1. The number of rotatable bonds is 2. The lowest BCUT2D eigenvalue weighted by Crippen LogP contribution is -2.51. The maximum atomic E-state index is 11.5. The Morgan fingerprint density at radius 3 is 2.88 bits per heavy atom. The minimum Gasteiger partial charge on any atom is -0.453 e. The van der Waals surface area contributed by atoms with Crippen LogP contribution in [0, 0.1) is 0 Å². The zero-order chi connectivity index (χ0) is 12.1. The van der Waals surface area contributed by atoms with E-state index < -0.39 is 0 Å². The fourth-order valence-electron chi connectivity index (χ4n) is 2.61. The highest BCUT2D eigenvalue weighted by atomic mass is 32.2. The molecule has 5 heteroatoms. The van der Waals surface area contributed by atoms with Crippen molar-refractivity contribution < 1.29 is 9.53 Å². The molecule has 0 bridgehead atoms. The van der Waals surface area contributed by atoms with E-state index in [0.717, 1.165) is 19.5 Å². The van der Waals surface area contributed by atoms with Crippen LogP contribution in [0.1, 0.15) is 25.7 Å². The maximum absolute atomic E-state index is 11.5. The van der Waals surface area contributed by atoms with Crippen molar-refractivity contribution in [1.82, 2.24) is 10.2 Å². The number of ether oxygens (including phenoxy) is 1. The highest BCUT2D eigenvalue weighted by Crippen LogP contribution is 2.19. The molecule has 2 aliphatic heterocycles. The van der Waals surface area contributed by atoms with Crippen LogP contribution in [0.15, 0.2) is 0 Å². The third-order valence-electron chi connectivity index (χ3n) is 3.49. The van der Waals surface area contributed by atoms with Gasteiger partial charge in [0.05, 0.1) is 7.11 Å². The average molecular weight is 258 g/mol. The summed E-state index contributed by atoms with van der Waals surface area (Å²) in [5.74, 6) is 2.52. The maximum Gasteiger partial charge on any atom is 0.409 e. The van der Waals surface area contributed by atoms with E-state index in [1.807, 2.05) is 16.7 Å². The second kappa shape index (κ2) is 6.50. The predicted octanol–water partition coefficient (Wildman–Crippen LogP) is 1.70. The topological polar surface area (TPSA) is 41.6 Å². The molecular formula is C12H22N2O2S. The Balaban J connectivity index is 1.78. The molecule has 0 saturated carbocycles. The summed E-state index contributed by atoms with van der Waals surface area (Å²) in [5, 5.41) is 3.70. The number of nitrogens with one attached hydrogen (secondary N) is 1. The lowest BCUT2D eigenvalue weighted by Gasteiger charge is -2.35. The lowest BCUT2D eigenvalue weighted by atomic mass is 10.0. The molecule has 0 aromatic heterocycles. The standard InChI is InChI=1S/C12H22N2O2S/c1-16-12(15)14-6-2-4-10(8-14)13-11-5-3-7-17-9-11/h10-11,13H,2-9H2,1H3/t10-,11+/m0/s1. The Morgan fingerprint density at radius 2 is 2.18 bits per heavy atom. The molecule has 2 atom stereocenters. The molecule has 0 aliphatic carbocycles. The molecule has 0 spiro atoms. The van der Waals surface area contributed by atoms with Gasteiger partial charge in [-0.1, -0.05) is 0 Å². The van der Waals surface area contributed by atoms with Crippen molar-refractivity contribution in [2.45, 2.75) is 37.8 Å². The molecule has 17 heavy (non-hydrogen) atoms. The number of hydrogen-bond donors (Lipinski definition) is 1. The van der Waals surface area contributed by atoms with Crippen LogP contribution in [0.4, 0.5) is 4.79 Å². The van der Waals surface area contributed by atoms with Crippen LogP contribution in [-0.4, -0.2) is 54.8 Å². The number of nitrogens with zero attached hydrogens (tertiary/aromatic N) is 1. The van der Waals surface area contributed by atoms with Gasteiger partial charge in [-0.05, 0) is 31.4 Å². The Labute approximate surface area is 107 Å². The summed E-state index contributed by atoms with van der Waals surface area (Å²) in [7, 11) is 1.46. The van der Waals surface area contributed by atoms with E-state index in [1.165, 1.54) is 37.9 Å². The largest absolute Gasteiger partial charge is 0.453 e. The summed E-state index contributed by atoms with van der Waals surface area (Å²) in [4.78, 5) is 13.3. The number of thioether (sulfide) groups is 1. The quantitative estimate of drug-likeness (QED) is 0.818. The van der Waals surface area contributed by atoms with Gasteiger partial charge < -0.3 is 15.0 Å². The molecule has 0 radical (unpaired) electrons. The monoisotopic (exact) mass is 258 g/mol. The SMILES string of the molecule is COC(=O)N1CCC[C@H](N[C@@H]2CCCSC2)C1. The fraction of sp³-hybridized carbons (Fsp3) is 0.917. The second-order valence-corrected chi connectivity index (χ2v) is 5.99. The van der Waals surface area contributed by atoms with Crippen LogP contribution in [0.3, 0.4) is 0 Å². The predicted molar refractivity (Wildman–Crippen MR) is 70.5 cm³/mol. The van der Waals surface area contributed by atoms with Gasteiger partial charge in [-0.15, -0.1) is 0 Å². The molecule has 2 rings (SSSR count). The third kappa shape index (κ3) is 3.78. The fourth-order valence-corrected chi connectivity index (χ4v) is 3.70. The first-order valence-electron chi connectivity index (χ1n) is 6.46. The van der Waals surface area contributed by atoms with Gasteiger partial charge in [-0.25, -0.2) is 4.79 Å². The lowest BCUT2D eigenvalue weighted by molar-refractivity contribution is 0.106. The van der Waals surface area contributed by atoms with Crippen molar-refractivity contribution in [3.63, 3.8) is 0 Å². The first-order valence-corrected chi connectivity index (χ1v) is 7.61. The van der Waals surface area contributed by atoms with Crippen LogP contribution >= 0.6 is 11.8 Å². The summed E-state index contributed by atoms with van der Waals surface area (Å²) >= 11 is 2.04. The summed E-state index contributed by atoms with van der Waals surface area (Å²) < 4.78 is 4.78. The van der Waals surface area contributed by atoms with Crippen LogP contribution in [-0.2, 0) is 4.74 Å². The van der Waals surface area contributed by atoms with E-state index in [4.69, 9.17) is 4.74 Å². The number of hydrogen-bond acceptors (Lipinski definition) is 4. The van der Waals surface area contributed by atoms with E-state index >= 15 is 0 Å². The minimum absolute atomic E-state index is 0.186. The summed E-state index contributed by atoms with van der Waals surface area (Å²) in [6.07, 6.45) is 4.66. The molecule has 2 fully saturated rings. The van der Waals surface area contributed by atoms with Crippen molar-refractivity contribution in [3.05, 3.63) is 0 Å². The van der Waals surface area contributed by atoms with Gasteiger partial charge in [0, 0.05) is 30.9 Å². The number of piperidine rings is 1. The van der Waals surface area contributed by atoms with Gasteiger partial charge in [0.1, 0.15) is 0 Å². The molecule has 0 aromatic rings. The highest BCUT2D eigenvalue weighted by Gasteiger charge is 2.26. The molecule has 2 aliphatic rings. The van der Waals surface area contributed by atoms with Gasteiger partial charge in [0.15, 0.2) is 0 Å². The van der Waals surface area contributed by atoms with Crippen molar-refractivity contribution in [2.24, 2.45) is 0 Å². The van der Waals surface area contributed by atoms with Crippen LogP contribution < -0.4 is 5.32 Å². The molecule has 4 nitrogen and oxygen atoms in total. The summed E-state index contributed by atoms with van der Waals surface area (Å²) in [6, 6.07) is 1.09. The van der Waals surface area contributed by atoms with Crippen molar-refractivity contribution in [1.29, 1.82) is 0 Å². The first-order chi connectivity index (χ1) is 8.29. The summed E-state index contributed by atoms with van der Waals surface area (Å²) in [5.41, 5.74) is 0. The molecule has 1 amide bonds. The molecular weight excluding hydrogens is 236 g/mol. The third-order valence-corrected chi connectivity index (χ3v) is 4.70. The Kier molecular flexibility index (Phi) is 4.98. The smallest absolute Gasteiger partial charge is 0.409 e. The van der Waals surface area contributed by atoms with Crippen molar-refractivity contribution in [3.8, 4) is 0 Å².